The van der Waals surface area contributed by atoms with Crippen LogP contribution in [0.4, 0.5) is 0 Å². The summed E-state index contributed by atoms with van der Waals surface area (Å²) >= 11 is 0. The standard InChI is InChI=1S/C14H17N3O/c1-16(9-12-8-15-17(2)10-12)11-14(18)13-6-4-3-5-7-13/h3-8,10H,9,11H2,1-2H3. The van der Waals surface area contributed by atoms with Crippen molar-refractivity contribution in [2.24, 2.45) is 7.05 Å². The zero-order valence-corrected chi connectivity index (χ0v) is 10.7. The summed E-state index contributed by atoms with van der Waals surface area (Å²) in [4.78, 5) is 14.0. The van der Waals surface area contributed by atoms with Crippen molar-refractivity contribution in [3.05, 3.63) is 53.9 Å². The van der Waals surface area contributed by atoms with Crippen LogP contribution in [-0.4, -0.2) is 34.1 Å². The minimum absolute atomic E-state index is 0.141. The number of aryl methyl sites for hydroxylation is 1. The van der Waals surface area contributed by atoms with Gasteiger partial charge in [0.1, 0.15) is 0 Å². The lowest BCUT2D eigenvalue weighted by Crippen LogP contribution is -2.25. The van der Waals surface area contributed by atoms with Gasteiger partial charge in [-0.3, -0.25) is 14.4 Å². The first kappa shape index (κ1) is 12.5. The summed E-state index contributed by atoms with van der Waals surface area (Å²) in [6.45, 7) is 1.14. The second-order valence-corrected chi connectivity index (χ2v) is 4.48. The normalized spacial score (nSPS) is 10.8. The van der Waals surface area contributed by atoms with Gasteiger partial charge in [0.25, 0.3) is 0 Å². The number of carbonyl (C=O) groups is 1. The third-order valence-electron chi connectivity index (χ3n) is 2.72. The molecule has 18 heavy (non-hydrogen) atoms. The first-order chi connectivity index (χ1) is 8.65. The van der Waals surface area contributed by atoms with Crippen LogP contribution >= 0.6 is 0 Å². The van der Waals surface area contributed by atoms with Crippen molar-refractivity contribution in [2.45, 2.75) is 6.54 Å². The smallest absolute Gasteiger partial charge is 0.176 e. The van der Waals surface area contributed by atoms with Crippen molar-refractivity contribution in [3.8, 4) is 0 Å². The Morgan fingerprint density at radius 2 is 2.06 bits per heavy atom. The fraction of sp³-hybridized carbons (Fsp3) is 0.286. The summed E-state index contributed by atoms with van der Waals surface area (Å²) in [6.07, 6.45) is 3.78. The van der Waals surface area contributed by atoms with Crippen LogP contribution in [0.3, 0.4) is 0 Å². The molecule has 0 saturated heterocycles. The molecule has 0 amide bonds. The largest absolute Gasteiger partial charge is 0.294 e. The van der Waals surface area contributed by atoms with Gasteiger partial charge >= 0.3 is 0 Å². The summed E-state index contributed by atoms with van der Waals surface area (Å²) in [5, 5.41) is 4.11. The Bertz CT molecular complexity index is 519. The molecular formula is C14H17N3O. The molecular weight excluding hydrogens is 226 g/mol. The number of hydrogen-bond donors (Lipinski definition) is 0. The average molecular weight is 243 g/mol. The Kier molecular flexibility index (Phi) is 3.89. The van der Waals surface area contributed by atoms with E-state index in [4.69, 9.17) is 0 Å². The Morgan fingerprint density at radius 1 is 1.33 bits per heavy atom. The number of benzene rings is 1. The molecule has 1 aromatic carbocycles. The molecule has 0 unspecified atom stereocenters. The molecule has 4 heteroatoms. The lowest BCUT2D eigenvalue weighted by Gasteiger charge is -2.14. The lowest BCUT2D eigenvalue weighted by molar-refractivity contribution is 0.0943. The molecule has 0 saturated carbocycles. The topological polar surface area (TPSA) is 38.1 Å². The maximum absolute atomic E-state index is 12.0. The van der Waals surface area contributed by atoms with Gasteiger partial charge in [-0.2, -0.15) is 5.10 Å². The number of aromatic nitrogens is 2. The highest BCUT2D eigenvalue weighted by molar-refractivity contribution is 5.97. The number of ketones is 1. The average Bonchev–Trinajstić information content (AvgIpc) is 2.75. The molecule has 0 bridgehead atoms. The quantitative estimate of drug-likeness (QED) is 0.751. The summed E-state index contributed by atoms with van der Waals surface area (Å²) in [7, 11) is 3.83. The molecule has 1 heterocycles. The summed E-state index contributed by atoms with van der Waals surface area (Å²) in [5.74, 6) is 0.141. The van der Waals surface area contributed by atoms with Gasteiger partial charge in [-0.05, 0) is 7.05 Å². The molecule has 94 valence electrons. The molecule has 0 aliphatic carbocycles. The summed E-state index contributed by atoms with van der Waals surface area (Å²) in [5.41, 5.74) is 1.87. The molecule has 2 aromatic rings. The molecule has 2 rings (SSSR count). The van der Waals surface area contributed by atoms with Crippen molar-refractivity contribution < 1.29 is 4.79 Å². The molecule has 0 radical (unpaired) electrons. The SMILES string of the molecule is CN(CC(=O)c1ccccc1)Cc1cnn(C)c1. The van der Waals surface area contributed by atoms with Gasteiger partial charge in [-0.15, -0.1) is 0 Å². The number of Topliss-reactive ketones (excluding diaryl/α,β-unsaturated/α-hetero) is 1. The van der Waals surface area contributed by atoms with Crippen LogP contribution in [0.2, 0.25) is 0 Å². The van der Waals surface area contributed by atoms with E-state index in [0.717, 1.165) is 17.7 Å². The van der Waals surface area contributed by atoms with Crippen LogP contribution in [-0.2, 0) is 13.6 Å². The van der Waals surface area contributed by atoms with E-state index in [9.17, 15) is 4.79 Å². The summed E-state index contributed by atoms with van der Waals surface area (Å²) in [6, 6.07) is 9.37. The fourth-order valence-electron chi connectivity index (χ4n) is 1.88. The predicted octanol–water partition coefficient (Wildman–Crippen LogP) is 1.73. The van der Waals surface area contributed by atoms with E-state index >= 15 is 0 Å². The van der Waals surface area contributed by atoms with Gasteiger partial charge < -0.3 is 0 Å². The van der Waals surface area contributed by atoms with Gasteiger partial charge in [0.05, 0.1) is 12.7 Å². The first-order valence-corrected chi connectivity index (χ1v) is 5.89. The van der Waals surface area contributed by atoms with E-state index < -0.39 is 0 Å². The van der Waals surface area contributed by atoms with E-state index in [0.29, 0.717) is 6.54 Å². The molecule has 0 spiro atoms. The minimum Gasteiger partial charge on any atom is -0.294 e. The number of hydrogen-bond acceptors (Lipinski definition) is 3. The predicted molar refractivity (Wildman–Crippen MR) is 70.3 cm³/mol. The highest BCUT2D eigenvalue weighted by Gasteiger charge is 2.09. The number of likely N-dealkylation sites (N-methyl/N-ethyl adjacent to an activating group) is 1. The minimum atomic E-state index is 0.141. The Balaban J connectivity index is 1.91. The molecule has 0 aliphatic heterocycles. The molecule has 4 nitrogen and oxygen atoms in total. The third kappa shape index (κ3) is 3.28. The van der Waals surface area contributed by atoms with E-state index in [-0.39, 0.29) is 5.78 Å². The van der Waals surface area contributed by atoms with E-state index in [1.807, 2.05) is 61.7 Å². The van der Waals surface area contributed by atoms with Crippen molar-refractivity contribution in [1.29, 1.82) is 0 Å². The van der Waals surface area contributed by atoms with E-state index in [2.05, 4.69) is 5.10 Å². The number of nitrogens with zero attached hydrogens (tertiary/aromatic N) is 3. The van der Waals surface area contributed by atoms with Crippen LogP contribution in [0, 0.1) is 0 Å². The van der Waals surface area contributed by atoms with Crippen LogP contribution < -0.4 is 0 Å². The van der Waals surface area contributed by atoms with Crippen molar-refractivity contribution in [2.75, 3.05) is 13.6 Å². The van der Waals surface area contributed by atoms with Gasteiger partial charge in [0, 0.05) is 30.9 Å². The Morgan fingerprint density at radius 3 is 2.67 bits per heavy atom. The molecule has 0 N–H and O–H groups in total. The van der Waals surface area contributed by atoms with Crippen LogP contribution in [0.5, 0.6) is 0 Å². The molecule has 0 fully saturated rings. The molecule has 0 atom stereocenters. The molecule has 0 aliphatic rings. The second kappa shape index (κ2) is 5.60. The highest BCUT2D eigenvalue weighted by atomic mass is 16.1. The maximum atomic E-state index is 12.0. The maximum Gasteiger partial charge on any atom is 0.176 e. The lowest BCUT2D eigenvalue weighted by atomic mass is 10.1. The van der Waals surface area contributed by atoms with Crippen LogP contribution in [0.1, 0.15) is 15.9 Å². The van der Waals surface area contributed by atoms with Crippen molar-refractivity contribution >= 4 is 5.78 Å². The van der Waals surface area contributed by atoms with Gasteiger partial charge in [0.2, 0.25) is 0 Å². The Hall–Kier alpha value is -1.94. The second-order valence-electron chi connectivity index (χ2n) is 4.48. The Labute approximate surface area is 107 Å². The number of rotatable bonds is 5. The summed E-state index contributed by atoms with van der Waals surface area (Å²) < 4.78 is 1.77. The van der Waals surface area contributed by atoms with Crippen molar-refractivity contribution in [1.82, 2.24) is 14.7 Å². The first-order valence-electron chi connectivity index (χ1n) is 5.89. The van der Waals surface area contributed by atoms with E-state index in [1.165, 1.54) is 0 Å². The van der Waals surface area contributed by atoms with Crippen molar-refractivity contribution in [3.63, 3.8) is 0 Å². The zero-order valence-electron chi connectivity index (χ0n) is 10.7. The molecule has 1 aromatic heterocycles. The zero-order chi connectivity index (χ0) is 13.0. The van der Waals surface area contributed by atoms with Crippen LogP contribution in [0.25, 0.3) is 0 Å². The number of carbonyl (C=O) groups excluding carboxylic acids is 1. The fourth-order valence-corrected chi connectivity index (χ4v) is 1.88. The third-order valence-corrected chi connectivity index (χ3v) is 2.72. The van der Waals surface area contributed by atoms with Gasteiger partial charge in [-0.25, -0.2) is 0 Å². The van der Waals surface area contributed by atoms with Gasteiger partial charge in [-0.1, -0.05) is 30.3 Å². The van der Waals surface area contributed by atoms with E-state index in [1.54, 1.807) is 4.68 Å². The monoisotopic (exact) mass is 243 g/mol. The van der Waals surface area contributed by atoms with Crippen LogP contribution in [0.15, 0.2) is 42.7 Å². The highest BCUT2D eigenvalue weighted by Crippen LogP contribution is 2.04. The van der Waals surface area contributed by atoms with Gasteiger partial charge in [0.15, 0.2) is 5.78 Å².